The molecule has 1 amide bonds. The van der Waals surface area contributed by atoms with Gasteiger partial charge in [-0.2, -0.15) is 5.10 Å². The number of carbonyl (C=O) groups excluding carboxylic acids is 1. The van der Waals surface area contributed by atoms with E-state index in [2.05, 4.69) is 22.4 Å². The van der Waals surface area contributed by atoms with Gasteiger partial charge in [-0.1, -0.05) is 30.3 Å². The van der Waals surface area contributed by atoms with E-state index in [1.165, 1.54) is 10.4 Å². The SMILES string of the molecule is CN1CCc2cc(C(=O)Nc3cn(C)nc3-c3ccccc3)sc2C1. The van der Waals surface area contributed by atoms with Crippen LogP contribution in [-0.4, -0.2) is 34.2 Å². The first-order chi connectivity index (χ1) is 12.1. The fraction of sp³-hybridized carbons (Fsp3) is 0.263. The zero-order chi connectivity index (χ0) is 17.4. The number of hydrogen-bond donors (Lipinski definition) is 1. The lowest BCUT2D eigenvalue weighted by molar-refractivity contribution is 0.103. The summed E-state index contributed by atoms with van der Waals surface area (Å²) in [6, 6.07) is 12.0. The fourth-order valence-electron chi connectivity index (χ4n) is 3.13. The summed E-state index contributed by atoms with van der Waals surface area (Å²) in [5.74, 6) is -0.0627. The van der Waals surface area contributed by atoms with Gasteiger partial charge < -0.3 is 10.2 Å². The zero-order valence-corrected chi connectivity index (χ0v) is 15.1. The van der Waals surface area contributed by atoms with E-state index in [0.717, 1.165) is 41.3 Å². The predicted molar refractivity (Wildman–Crippen MR) is 101 cm³/mol. The van der Waals surface area contributed by atoms with Crippen LogP contribution in [0.15, 0.2) is 42.6 Å². The molecule has 3 heterocycles. The first-order valence-electron chi connectivity index (χ1n) is 8.30. The van der Waals surface area contributed by atoms with Gasteiger partial charge in [-0.05, 0) is 25.1 Å². The lowest BCUT2D eigenvalue weighted by Gasteiger charge is -2.21. The molecule has 0 saturated carbocycles. The summed E-state index contributed by atoms with van der Waals surface area (Å²) in [6.45, 7) is 1.97. The monoisotopic (exact) mass is 352 g/mol. The Hall–Kier alpha value is -2.44. The van der Waals surface area contributed by atoms with E-state index in [0.29, 0.717) is 0 Å². The number of fused-ring (bicyclic) bond motifs is 1. The average molecular weight is 352 g/mol. The third kappa shape index (κ3) is 3.23. The Balaban J connectivity index is 1.60. The number of carbonyl (C=O) groups is 1. The van der Waals surface area contributed by atoms with Crippen molar-refractivity contribution in [1.82, 2.24) is 14.7 Å². The van der Waals surface area contributed by atoms with Crippen molar-refractivity contribution < 1.29 is 4.79 Å². The topological polar surface area (TPSA) is 50.2 Å². The van der Waals surface area contributed by atoms with Crippen LogP contribution in [0, 0.1) is 0 Å². The Kier molecular flexibility index (Phi) is 4.15. The number of rotatable bonds is 3. The van der Waals surface area contributed by atoms with Crippen LogP contribution < -0.4 is 5.32 Å². The molecule has 0 unspecified atom stereocenters. The molecule has 0 saturated heterocycles. The number of benzene rings is 1. The van der Waals surface area contributed by atoms with Gasteiger partial charge in [0, 0.05) is 36.8 Å². The molecule has 0 atom stereocenters. The van der Waals surface area contributed by atoms with E-state index in [1.54, 1.807) is 16.0 Å². The maximum Gasteiger partial charge on any atom is 0.265 e. The van der Waals surface area contributed by atoms with Crippen LogP contribution in [0.1, 0.15) is 20.1 Å². The second-order valence-corrected chi connectivity index (χ2v) is 7.57. The van der Waals surface area contributed by atoms with Gasteiger partial charge in [0.15, 0.2) is 0 Å². The van der Waals surface area contributed by atoms with E-state index in [1.807, 2.05) is 49.6 Å². The van der Waals surface area contributed by atoms with E-state index < -0.39 is 0 Å². The normalized spacial score (nSPS) is 14.3. The molecule has 0 radical (unpaired) electrons. The quantitative estimate of drug-likeness (QED) is 0.786. The van der Waals surface area contributed by atoms with Gasteiger partial charge in [0.05, 0.1) is 10.6 Å². The molecule has 6 heteroatoms. The summed E-state index contributed by atoms with van der Waals surface area (Å²) in [7, 11) is 3.98. The standard InChI is InChI=1S/C19H20N4OS/c1-22-9-8-14-10-16(25-17(14)12-22)19(24)20-15-11-23(2)21-18(15)13-6-4-3-5-7-13/h3-7,10-11H,8-9,12H2,1-2H3,(H,20,24). The predicted octanol–water partition coefficient (Wildman–Crippen LogP) is 3.39. The van der Waals surface area contributed by atoms with Crippen molar-refractivity contribution in [1.29, 1.82) is 0 Å². The number of aryl methyl sites for hydroxylation is 1. The molecule has 1 aromatic carbocycles. The molecule has 3 aromatic rings. The minimum absolute atomic E-state index is 0.0627. The van der Waals surface area contributed by atoms with Crippen LogP contribution in [0.2, 0.25) is 0 Å². The summed E-state index contributed by atoms with van der Waals surface area (Å²) in [6.07, 6.45) is 2.86. The number of anilines is 1. The van der Waals surface area contributed by atoms with Crippen molar-refractivity contribution in [2.24, 2.45) is 7.05 Å². The molecular formula is C19H20N4OS. The van der Waals surface area contributed by atoms with Gasteiger partial charge in [-0.3, -0.25) is 9.48 Å². The average Bonchev–Trinajstić information content (AvgIpc) is 3.18. The molecule has 0 aliphatic carbocycles. The number of thiophene rings is 1. The summed E-state index contributed by atoms with van der Waals surface area (Å²) in [4.78, 5) is 17.1. The van der Waals surface area contributed by atoms with Gasteiger partial charge in [0.1, 0.15) is 5.69 Å². The number of likely N-dealkylation sites (N-methyl/N-ethyl adjacent to an activating group) is 1. The zero-order valence-electron chi connectivity index (χ0n) is 14.3. The summed E-state index contributed by atoms with van der Waals surface area (Å²) >= 11 is 1.59. The highest BCUT2D eigenvalue weighted by atomic mass is 32.1. The van der Waals surface area contributed by atoms with Crippen molar-refractivity contribution in [2.75, 3.05) is 18.9 Å². The van der Waals surface area contributed by atoms with Crippen LogP contribution in [0.25, 0.3) is 11.3 Å². The molecule has 2 aromatic heterocycles. The van der Waals surface area contributed by atoms with Crippen molar-refractivity contribution in [3.05, 3.63) is 57.9 Å². The minimum Gasteiger partial charge on any atom is -0.318 e. The summed E-state index contributed by atoms with van der Waals surface area (Å²) < 4.78 is 1.73. The molecule has 1 aliphatic heterocycles. The number of aromatic nitrogens is 2. The first-order valence-corrected chi connectivity index (χ1v) is 9.12. The molecule has 4 rings (SSSR count). The summed E-state index contributed by atoms with van der Waals surface area (Å²) in [5.41, 5.74) is 3.83. The van der Waals surface area contributed by atoms with Crippen molar-refractivity contribution >= 4 is 22.9 Å². The highest BCUT2D eigenvalue weighted by molar-refractivity contribution is 7.14. The van der Waals surface area contributed by atoms with Crippen LogP contribution in [0.4, 0.5) is 5.69 Å². The molecule has 0 bridgehead atoms. The molecule has 1 aliphatic rings. The van der Waals surface area contributed by atoms with Gasteiger partial charge in [-0.15, -0.1) is 11.3 Å². The van der Waals surface area contributed by atoms with Crippen LogP contribution in [0.3, 0.4) is 0 Å². The third-order valence-electron chi connectivity index (χ3n) is 4.42. The van der Waals surface area contributed by atoms with Crippen molar-refractivity contribution in [3.63, 3.8) is 0 Å². The number of nitrogens with zero attached hydrogens (tertiary/aromatic N) is 3. The van der Waals surface area contributed by atoms with Crippen molar-refractivity contribution in [2.45, 2.75) is 13.0 Å². The summed E-state index contributed by atoms with van der Waals surface area (Å²) in [5, 5.41) is 7.54. The minimum atomic E-state index is -0.0627. The van der Waals surface area contributed by atoms with Gasteiger partial charge in [0.25, 0.3) is 5.91 Å². The molecule has 5 nitrogen and oxygen atoms in total. The Morgan fingerprint density at radius 1 is 1.24 bits per heavy atom. The Labute approximate surface area is 150 Å². The Morgan fingerprint density at radius 3 is 2.84 bits per heavy atom. The van der Waals surface area contributed by atoms with E-state index in [-0.39, 0.29) is 5.91 Å². The number of amides is 1. The lowest BCUT2D eigenvalue weighted by Crippen LogP contribution is -2.24. The van der Waals surface area contributed by atoms with Crippen LogP contribution in [0.5, 0.6) is 0 Å². The molecule has 0 fully saturated rings. The number of nitrogens with one attached hydrogen (secondary N) is 1. The van der Waals surface area contributed by atoms with Crippen molar-refractivity contribution in [3.8, 4) is 11.3 Å². The maximum absolute atomic E-state index is 12.8. The highest BCUT2D eigenvalue weighted by Crippen LogP contribution is 2.30. The highest BCUT2D eigenvalue weighted by Gasteiger charge is 2.21. The molecule has 0 spiro atoms. The second kappa shape index (κ2) is 6.46. The van der Waals surface area contributed by atoms with Gasteiger partial charge in [0.2, 0.25) is 0 Å². The lowest BCUT2D eigenvalue weighted by atomic mass is 10.1. The fourth-order valence-corrected chi connectivity index (χ4v) is 4.32. The maximum atomic E-state index is 12.8. The van der Waals surface area contributed by atoms with E-state index >= 15 is 0 Å². The molecule has 128 valence electrons. The van der Waals surface area contributed by atoms with Crippen LogP contribution in [-0.2, 0) is 20.0 Å². The Morgan fingerprint density at radius 2 is 2.04 bits per heavy atom. The van der Waals surface area contributed by atoms with Gasteiger partial charge >= 0.3 is 0 Å². The first kappa shape index (κ1) is 16.1. The molecule has 1 N–H and O–H groups in total. The van der Waals surface area contributed by atoms with E-state index in [4.69, 9.17) is 0 Å². The third-order valence-corrected chi connectivity index (χ3v) is 5.58. The Bertz CT molecular complexity index is 913. The number of hydrogen-bond acceptors (Lipinski definition) is 4. The van der Waals surface area contributed by atoms with E-state index in [9.17, 15) is 4.79 Å². The largest absolute Gasteiger partial charge is 0.318 e. The smallest absolute Gasteiger partial charge is 0.265 e. The van der Waals surface area contributed by atoms with Crippen LogP contribution >= 0.6 is 11.3 Å². The molecule has 25 heavy (non-hydrogen) atoms. The molecular weight excluding hydrogens is 332 g/mol. The second-order valence-electron chi connectivity index (χ2n) is 6.43. The van der Waals surface area contributed by atoms with Gasteiger partial charge in [-0.25, -0.2) is 0 Å².